The van der Waals surface area contributed by atoms with E-state index in [0.29, 0.717) is 6.04 Å². The van der Waals surface area contributed by atoms with Crippen LogP contribution in [0, 0.1) is 5.82 Å². The summed E-state index contributed by atoms with van der Waals surface area (Å²) >= 11 is 0. The number of hydrogen-bond donors (Lipinski definition) is 2. The average molecular weight is 221 g/mol. The lowest BCUT2D eigenvalue weighted by atomic mass is 9.92. The van der Waals surface area contributed by atoms with E-state index >= 15 is 0 Å². The molecule has 0 heterocycles. The third-order valence-electron chi connectivity index (χ3n) is 3.76. The maximum atomic E-state index is 13.6. The van der Waals surface area contributed by atoms with Crippen LogP contribution in [0.5, 0.6) is 0 Å². The molecule has 1 aromatic carbocycles. The van der Waals surface area contributed by atoms with Gasteiger partial charge in [-0.05, 0) is 42.9 Å². The molecule has 1 atom stereocenters. The van der Waals surface area contributed by atoms with Crippen molar-refractivity contribution in [3.63, 3.8) is 0 Å². The number of halogens is 1. The highest BCUT2D eigenvalue weighted by Gasteiger charge is 2.42. The van der Waals surface area contributed by atoms with Crippen molar-refractivity contribution in [3.8, 4) is 0 Å². The van der Waals surface area contributed by atoms with Crippen LogP contribution in [-0.4, -0.2) is 17.8 Å². The summed E-state index contributed by atoms with van der Waals surface area (Å²) in [6.07, 6.45) is 3.87. The molecule has 3 rings (SSSR count). The zero-order valence-electron chi connectivity index (χ0n) is 9.17. The molecule has 0 radical (unpaired) electrons. The van der Waals surface area contributed by atoms with Gasteiger partial charge in [0.1, 0.15) is 5.82 Å². The van der Waals surface area contributed by atoms with Crippen molar-refractivity contribution >= 4 is 0 Å². The van der Waals surface area contributed by atoms with Crippen LogP contribution in [0.1, 0.15) is 30.4 Å². The third-order valence-corrected chi connectivity index (χ3v) is 3.76. The molecule has 0 aliphatic heterocycles. The Bertz CT molecular complexity index is 416. The quantitative estimate of drug-likeness (QED) is 0.814. The van der Waals surface area contributed by atoms with Gasteiger partial charge >= 0.3 is 0 Å². The molecule has 0 aromatic heterocycles. The van der Waals surface area contributed by atoms with Crippen molar-refractivity contribution < 1.29 is 9.50 Å². The molecular formula is C13H16FNO. The van der Waals surface area contributed by atoms with Crippen LogP contribution in [0.2, 0.25) is 0 Å². The van der Waals surface area contributed by atoms with E-state index in [9.17, 15) is 9.50 Å². The second-order valence-corrected chi connectivity index (χ2v) is 4.92. The monoisotopic (exact) mass is 221 g/mol. The minimum Gasteiger partial charge on any atom is -0.394 e. The molecule has 1 saturated carbocycles. The van der Waals surface area contributed by atoms with Crippen LogP contribution < -0.4 is 5.32 Å². The van der Waals surface area contributed by atoms with Crippen LogP contribution in [0.25, 0.3) is 0 Å². The summed E-state index contributed by atoms with van der Waals surface area (Å²) in [5.41, 5.74) is 1.35. The fourth-order valence-electron chi connectivity index (χ4n) is 2.71. The van der Waals surface area contributed by atoms with Crippen LogP contribution in [0.15, 0.2) is 18.2 Å². The van der Waals surface area contributed by atoms with Gasteiger partial charge in [-0.15, -0.1) is 0 Å². The summed E-state index contributed by atoms with van der Waals surface area (Å²) in [7, 11) is 0. The van der Waals surface area contributed by atoms with Crippen molar-refractivity contribution in [1.82, 2.24) is 5.32 Å². The molecule has 16 heavy (non-hydrogen) atoms. The molecule has 0 saturated heterocycles. The predicted molar refractivity (Wildman–Crippen MR) is 59.6 cm³/mol. The van der Waals surface area contributed by atoms with Gasteiger partial charge in [-0.25, -0.2) is 4.39 Å². The summed E-state index contributed by atoms with van der Waals surface area (Å²) in [5.74, 6) is -0.134. The molecule has 0 amide bonds. The number of aliphatic hydroxyl groups excluding tert-OH is 1. The Morgan fingerprint density at radius 2 is 2.25 bits per heavy atom. The highest BCUT2D eigenvalue weighted by Crippen LogP contribution is 2.40. The van der Waals surface area contributed by atoms with Crippen molar-refractivity contribution in [2.45, 2.75) is 37.3 Å². The fraction of sp³-hybridized carbons (Fsp3) is 0.538. The van der Waals surface area contributed by atoms with Gasteiger partial charge in [0, 0.05) is 6.04 Å². The number of rotatable bonds is 3. The van der Waals surface area contributed by atoms with Crippen molar-refractivity contribution in [1.29, 1.82) is 0 Å². The first-order valence-corrected chi connectivity index (χ1v) is 5.92. The molecule has 2 aliphatic rings. The largest absolute Gasteiger partial charge is 0.394 e. The zero-order valence-corrected chi connectivity index (χ0v) is 9.17. The molecule has 1 aromatic rings. The molecule has 0 spiro atoms. The summed E-state index contributed by atoms with van der Waals surface area (Å²) in [6, 6.07) is 5.69. The van der Waals surface area contributed by atoms with E-state index in [1.165, 1.54) is 18.9 Å². The van der Waals surface area contributed by atoms with Crippen LogP contribution in [0.4, 0.5) is 4.39 Å². The number of hydrogen-bond acceptors (Lipinski definition) is 2. The van der Waals surface area contributed by atoms with E-state index in [0.717, 1.165) is 24.0 Å². The van der Waals surface area contributed by atoms with Gasteiger partial charge in [0.25, 0.3) is 0 Å². The molecule has 86 valence electrons. The lowest BCUT2D eigenvalue weighted by molar-refractivity contribution is 0.158. The molecule has 2 N–H and O–H groups in total. The second-order valence-electron chi connectivity index (χ2n) is 4.92. The summed E-state index contributed by atoms with van der Waals surface area (Å²) in [6.45, 7) is 0.0555. The lowest BCUT2D eigenvalue weighted by Gasteiger charge is -2.30. The molecular weight excluding hydrogens is 205 g/mol. The Labute approximate surface area is 94.5 Å². The maximum absolute atomic E-state index is 13.6. The smallest absolute Gasteiger partial charge is 0.126 e. The van der Waals surface area contributed by atoms with Gasteiger partial charge in [-0.3, -0.25) is 0 Å². The predicted octanol–water partition coefficient (Wildman–Crippen LogP) is 1.71. The molecule has 2 nitrogen and oxygen atoms in total. The van der Waals surface area contributed by atoms with Gasteiger partial charge in [0.05, 0.1) is 12.1 Å². The van der Waals surface area contributed by atoms with Crippen molar-refractivity contribution in [2.75, 3.05) is 6.61 Å². The highest BCUT2D eigenvalue weighted by molar-refractivity contribution is 5.40. The number of benzene rings is 1. The standard InChI is InChI=1S/C13H16FNO/c14-12-3-1-2-11-10(12)6-7-13(11,8-16)15-9-4-5-9/h1-3,9,15-16H,4-8H2. The molecule has 1 fully saturated rings. The van der Waals surface area contributed by atoms with Gasteiger partial charge in [-0.2, -0.15) is 0 Å². The van der Waals surface area contributed by atoms with E-state index < -0.39 is 5.54 Å². The van der Waals surface area contributed by atoms with E-state index in [1.54, 1.807) is 6.07 Å². The topological polar surface area (TPSA) is 32.3 Å². The average Bonchev–Trinajstić information content (AvgIpc) is 3.01. The highest BCUT2D eigenvalue weighted by atomic mass is 19.1. The van der Waals surface area contributed by atoms with Crippen molar-refractivity contribution in [2.24, 2.45) is 0 Å². The van der Waals surface area contributed by atoms with Gasteiger partial charge in [0.15, 0.2) is 0 Å². The summed E-state index contributed by atoms with van der Waals surface area (Å²) < 4.78 is 13.6. The van der Waals surface area contributed by atoms with Crippen LogP contribution in [0.3, 0.4) is 0 Å². The van der Waals surface area contributed by atoms with Gasteiger partial charge in [-0.1, -0.05) is 12.1 Å². The minimum absolute atomic E-state index is 0.0555. The number of nitrogens with one attached hydrogen (secondary N) is 1. The normalized spacial score (nSPS) is 28.1. The Hall–Kier alpha value is -0.930. The van der Waals surface area contributed by atoms with Crippen LogP contribution >= 0.6 is 0 Å². The fourth-order valence-corrected chi connectivity index (χ4v) is 2.71. The van der Waals surface area contributed by atoms with Crippen molar-refractivity contribution in [3.05, 3.63) is 35.1 Å². The third kappa shape index (κ3) is 1.46. The molecule has 2 aliphatic carbocycles. The minimum atomic E-state index is -0.390. The number of aliphatic hydroxyl groups is 1. The first-order chi connectivity index (χ1) is 7.75. The second kappa shape index (κ2) is 3.54. The first-order valence-electron chi connectivity index (χ1n) is 5.92. The van der Waals surface area contributed by atoms with E-state index in [1.807, 2.05) is 6.07 Å². The Morgan fingerprint density at radius 3 is 2.94 bits per heavy atom. The molecule has 3 heteroatoms. The lowest BCUT2D eigenvalue weighted by Crippen LogP contribution is -2.45. The zero-order chi connectivity index (χ0) is 11.2. The van der Waals surface area contributed by atoms with Gasteiger partial charge in [0.2, 0.25) is 0 Å². The summed E-state index contributed by atoms with van der Waals surface area (Å²) in [5, 5.41) is 13.1. The Kier molecular flexibility index (Phi) is 2.26. The molecule has 1 unspecified atom stereocenters. The van der Waals surface area contributed by atoms with E-state index in [-0.39, 0.29) is 12.4 Å². The van der Waals surface area contributed by atoms with Gasteiger partial charge < -0.3 is 10.4 Å². The van der Waals surface area contributed by atoms with Crippen LogP contribution in [-0.2, 0) is 12.0 Å². The van der Waals surface area contributed by atoms with E-state index in [4.69, 9.17) is 0 Å². The van der Waals surface area contributed by atoms with E-state index in [2.05, 4.69) is 5.32 Å². The first kappa shape index (κ1) is 10.2. The maximum Gasteiger partial charge on any atom is 0.126 e. The summed E-state index contributed by atoms with van der Waals surface area (Å²) in [4.78, 5) is 0. The number of fused-ring (bicyclic) bond motifs is 1. The molecule has 0 bridgehead atoms. The Morgan fingerprint density at radius 1 is 1.44 bits per heavy atom. The SMILES string of the molecule is OCC1(NC2CC2)CCc2c(F)cccc21. The Balaban J connectivity index is 2.01.